The van der Waals surface area contributed by atoms with Crippen LogP contribution in [0.5, 0.6) is 0 Å². The maximum absolute atomic E-state index is 11.2. The molecule has 0 N–H and O–H groups in total. The second-order valence-corrected chi connectivity index (χ2v) is 4.36. The van der Waals surface area contributed by atoms with Gasteiger partial charge in [0.25, 0.3) is 5.69 Å². The molecule has 0 radical (unpaired) electrons. The quantitative estimate of drug-likeness (QED) is 0.591. The Morgan fingerprint density at radius 3 is 2.95 bits per heavy atom. The third kappa shape index (κ3) is 2.96. The summed E-state index contributed by atoms with van der Waals surface area (Å²) in [5.41, 5.74) is 0.789. The number of fused-ring (bicyclic) bond motifs is 1. The molecular formula is C13H15N3O3. The van der Waals surface area contributed by atoms with E-state index in [1.807, 2.05) is 6.92 Å². The molecule has 2 rings (SSSR count). The average molecular weight is 261 g/mol. The van der Waals surface area contributed by atoms with Crippen LogP contribution in [-0.2, 0) is 11.3 Å². The first kappa shape index (κ1) is 13.2. The Bertz CT molecular complexity index is 619. The van der Waals surface area contributed by atoms with E-state index in [-0.39, 0.29) is 11.5 Å². The number of carbonyl (C=O) groups is 1. The minimum atomic E-state index is -0.419. The Labute approximate surface area is 110 Å². The van der Waals surface area contributed by atoms with Crippen LogP contribution in [0.2, 0.25) is 0 Å². The molecule has 0 spiro atoms. The topological polar surface area (TPSA) is 78.0 Å². The Kier molecular flexibility index (Phi) is 3.89. The van der Waals surface area contributed by atoms with E-state index in [9.17, 15) is 14.9 Å². The van der Waals surface area contributed by atoms with Crippen LogP contribution >= 0.6 is 0 Å². The molecule has 6 nitrogen and oxygen atoms in total. The van der Waals surface area contributed by atoms with Gasteiger partial charge < -0.3 is 0 Å². The van der Waals surface area contributed by atoms with E-state index in [0.29, 0.717) is 25.8 Å². The van der Waals surface area contributed by atoms with Gasteiger partial charge in [-0.3, -0.25) is 19.6 Å². The fourth-order valence-electron chi connectivity index (χ4n) is 1.95. The summed E-state index contributed by atoms with van der Waals surface area (Å²) >= 11 is 0. The largest absolute Gasteiger partial charge is 0.300 e. The van der Waals surface area contributed by atoms with Crippen molar-refractivity contribution in [2.45, 2.75) is 32.7 Å². The molecule has 0 saturated carbocycles. The van der Waals surface area contributed by atoms with Crippen molar-refractivity contribution in [3.8, 4) is 0 Å². The van der Waals surface area contributed by atoms with Crippen LogP contribution < -0.4 is 0 Å². The predicted molar refractivity (Wildman–Crippen MR) is 70.9 cm³/mol. The average Bonchev–Trinajstić information content (AvgIpc) is 2.81. The summed E-state index contributed by atoms with van der Waals surface area (Å²) < 4.78 is 1.71. The van der Waals surface area contributed by atoms with Gasteiger partial charge in [-0.2, -0.15) is 5.10 Å². The molecule has 1 heterocycles. The predicted octanol–water partition coefficient (Wildman–Crippen LogP) is 2.70. The zero-order valence-corrected chi connectivity index (χ0v) is 10.7. The minimum absolute atomic E-state index is 0.0545. The van der Waals surface area contributed by atoms with Crippen LogP contribution in [0.4, 0.5) is 5.69 Å². The van der Waals surface area contributed by atoms with Gasteiger partial charge in [0.1, 0.15) is 5.78 Å². The van der Waals surface area contributed by atoms with Crippen LogP contribution in [0, 0.1) is 10.1 Å². The van der Waals surface area contributed by atoms with E-state index in [2.05, 4.69) is 5.10 Å². The molecule has 0 atom stereocenters. The Morgan fingerprint density at radius 2 is 2.26 bits per heavy atom. The molecule has 1 aromatic heterocycles. The summed E-state index contributed by atoms with van der Waals surface area (Å²) in [7, 11) is 0. The summed E-state index contributed by atoms with van der Waals surface area (Å²) in [5, 5.41) is 15.8. The molecule has 1 aromatic carbocycles. The number of ketones is 1. The molecule has 6 heteroatoms. The molecule has 19 heavy (non-hydrogen) atoms. The van der Waals surface area contributed by atoms with Crippen molar-refractivity contribution in [1.29, 1.82) is 0 Å². The van der Waals surface area contributed by atoms with Crippen LogP contribution in [-0.4, -0.2) is 20.5 Å². The number of nitro benzene ring substituents is 1. The van der Waals surface area contributed by atoms with E-state index in [1.54, 1.807) is 16.9 Å². The van der Waals surface area contributed by atoms with Gasteiger partial charge in [0.15, 0.2) is 0 Å². The summed E-state index contributed by atoms with van der Waals surface area (Å²) in [6.45, 7) is 2.44. The fraction of sp³-hybridized carbons (Fsp3) is 0.385. The molecule has 0 bridgehead atoms. The lowest BCUT2D eigenvalue weighted by Gasteiger charge is -2.02. The third-order valence-electron chi connectivity index (χ3n) is 3.06. The van der Waals surface area contributed by atoms with E-state index in [4.69, 9.17) is 0 Å². The van der Waals surface area contributed by atoms with Gasteiger partial charge in [-0.25, -0.2) is 0 Å². The number of aryl methyl sites for hydroxylation is 1. The summed E-state index contributed by atoms with van der Waals surface area (Å²) in [4.78, 5) is 21.6. The maximum Gasteiger partial charge on any atom is 0.271 e. The number of carbonyl (C=O) groups excluding carboxylic acids is 1. The second kappa shape index (κ2) is 5.60. The lowest BCUT2D eigenvalue weighted by molar-refractivity contribution is -0.384. The number of nitrogens with zero attached hydrogens (tertiary/aromatic N) is 3. The van der Waals surface area contributed by atoms with E-state index in [0.717, 1.165) is 10.9 Å². The fourth-order valence-corrected chi connectivity index (χ4v) is 1.95. The van der Waals surface area contributed by atoms with Gasteiger partial charge in [-0.05, 0) is 12.5 Å². The first-order valence-electron chi connectivity index (χ1n) is 6.23. The van der Waals surface area contributed by atoms with Crippen molar-refractivity contribution in [2.24, 2.45) is 0 Å². The number of Topliss-reactive ketones (excluding diaryl/α,β-unsaturated/α-hetero) is 1. The van der Waals surface area contributed by atoms with Crippen molar-refractivity contribution in [1.82, 2.24) is 9.78 Å². The number of nitro groups is 1. The molecule has 0 fully saturated rings. The minimum Gasteiger partial charge on any atom is -0.300 e. The number of hydrogen-bond acceptors (Lipinski definition) is 4. The SMILES string of the molecule is CCC(=O)CCCn1ncc2ccc([N+](=O)[O-])cc21. The third-order valence-corrected chi connectivity index (χ3v) is 3.06. The second-order valence-electron chi connectivity index (χ2n) is 4.36. The number of hydrogen-bond donors (Lipinski definition) is 0. The maximum atomic E-state index is 11.2. The highest BCUT2D eigenvalue weighted by Gasteiger charge is 2.10. The number of non-ortho nitro benzene ring substituents is 1. The highest BCUT2D eigenvalue weighted by Crippen LogP contribution is 2.20. The molecule has 0 unspecified atom stereocenters. The Balaban J connectivity index is 2.16. The monoisotopic (exact) mass is 261 g/mol. The molecule has 100 valence electrons. The first-order chi connectivity index (χ1) is 9.11. The zero-order chi connectivity index (χ0) is 13.8. The molecule has 0 saturated heterocycles. The smallest absolute Gasteiger partial charge is 0.271 e. The van der Waals surface area contributed by atoms with E-state index < -0.39 is 4.92 Å². The van der Waals surface area contributed by atoms with Crippen LogP contribution in [0.3, 0.4) is 0 Å². The molecule has 0 aliphatic carbocycles. The van der Waals surface area contributed by atoms with Gasteiger partial charge >= 0.3 is 0 Å². The number of rotatable bonds is 6. The molecule has 0 aliphatic heterocycles. The standard InChI is InChI=1S/C13H15N3O3/c1-2-12(17)4-3-7-15-13-8-11(16(18)19)6-5-10(13)9-14-15/h5-6,8-9H,2-4,7H2,1H3. The number of benzene rings is 1. The zero-order valence-electron chi connectivity index (χ0n) is 10.7. The molecule has 0 amide bonds. The van der Waals surface area contributed by atoms with Crippen LogP contribution in [0.15, 0.2) is 24.4 Å². The van der Waals surface area contributed by atoms with E-state index >= 15 is 0 Å². The van der Waals surface area contributed by atoms with Crippen molar-refractivity contribution in [3.63, 3.8) is 0 Å². The molecule has 2 aromatic rings. The van der Waals surface area contributed by atoms with Gasteiger partial charge in [0.2, 0.25) is 0 Å². The summed E-state index contributed by atoms with van der Waals surface area (Å²) in [6, 6.07) is 4.67. The summed E-state index contributed by atoms with van der Waals surface area (Å²) in [6.07, 6.45) is 3.45. The van der Waals surface area contributed by atoms with Gasteiger partial charge in [-0.1, -0.05) is 6.92 Å². The van der Waals surface area contributed by atoms with Crippen molar-refractivity contribution < 1.29 is 9.72 Å². The van der Waals surface area contributed by atoms with Crippen LogP contribution in [0.1, 0.15) is 26.2 Å². The van der Waals surface area contributed by atoms with Crippen LogP contribution in [0.25, 0.3) is 10.9 Å². The lowest BCUT2D eigenvalue weighted by atomic mass is 10.2. The summed E-state index contributed by atoms with van der Waals surface area (Å²) in [5.74, 6) is 0.224. The highest BCUT2D eigenvalue weighted by atomic mass is 16.6. The van der Waals surface area contributed by atoms with Gasteiger partial charge in [0.05, 0.1) is 16.6 Å². The molecular weight excluding hydrogens is 246 g/mol. The van der Waals surface area contributed by atoms with Crippen molar-refractivity contribution in [2.75, 3.05) is 0 Å². The van der Waals surface area contributed by atoms with Gasteiger partial charge in [-0.15, -0.1) is 0 Å². The highest BCUT2D eigenvalue weighted by molar-refractivity contribution is 5.81. The lowest BCUT2D eigenvalue weighted by Crippen LogP contribution is -2.03. The normalized spacial score (nSPS) is 10.8. The first-order valence-corrected chi connectivity index (χ1v) is 6.23. The van der Waals surface area contributed by atoms with Crippen molar-refractivity contribution >= 4 is 22.4 Å². The number of aromatic nitrogens is 2. The molecule has 0 aliphatic rings. The Hall–Kier alpha value is -2.24. The van der Waals surface area contributed by atoms with Gasteiger partial charge in [0, 0.05) is 36.9 Å². The van der Waals surface area contributed by atoms with E-state index in [1.165, 1.54) is 12.1 Å². The van der Waals surface area contributed by atoms with Crippen molar-refractivity contribution in [3.05, 3.63) is 34.5 Å². The Morgan fingerprint density at radius 1 is 1.47 bits per heavy atom.